The summed E-state index contributed by atoms with van der Waals surface area (Å²) in [5.74, 6) is 2.72. The molecule has 3 rings (SSSR count). The number of carbonyl (C=O) groups excluding carboxylic acids is 1. The maximum Gasteiger partial charge on any atom is 0.241 e. The van der Waals surface area contributed by atoms with Gasteiger partial charge >= 0.3 is 0 Å². The van der Waals surface area contributed by atoms with Crippen molar-refractivity contribution in [2.24, 2.45) is 7.05 Å². The zero-order chi connectivity index (χ0) is 17.1. The van der Waals surface area contributed by atoms with Gasteiger partial charge in [0.05, 0.1) is 6.54 Å². The number of anilines is 2. The molecule has 1 unspecified atom stereocenters. The van der Waals surface area contributed by atoms with E-state index in [-0.39, 0.29) is 11.8 Å². The Balaban J connectivity index is 1.63. The van der Waals surface area contributed by atoms with Crippen LogP contribution in [0.2, 0.25) is 0 Å². The van der Waals surface area contributed by atoms with Crippen LogP contribution in [0.15, 0.2) is 18.7 Å². The highest BCUT2D eigenvalue weighted by Gasteiger charge is 2.22. The fraction of sp³-hybridized carbons (Fsp3) is 0.533. The van der Waals surface area contributed by atoms with Gasteiger partial charge in [0, 0.05) is 45.7 Å². The minimum Gasteiger partial charge on any atom is -0.369 e. The van der Waals surface area contributed by atoms with Crippen LogP contribution in [-0.4, -0.2) is 68.8 Å². The van der Waals surface area contributed by atoms with E-state index in [2.05, 4.69) is 32.4 Å². The molecule has 1 atom stereocenters. The fourth-order valence-corrected chi connectivity index (χ4v) is 2.66. The highest BCUT2D eigenvalue weighted by molar-refractivity contribution is 5.82. The Hall–Kier alpha value is -2.71. The molecule has 9 nitrogen and oxygen atoms in total. The molecular weight excluding hydrogens is 308 g/mol. The van der Waals surface area contributed by atoms with Crippen LogP contribution in [0.5, 0.6) is 0 Å². The van der Waals surface area contributed by atoms with Gasteiger partial charge in [-0.15, -0.1) is 10.2 Å². The predicted molar refractivity (Wildman–Crippen MR) is 89.8 cm³/mol. The van der Waals surface area contributed by atoms with Crippen LogP contribution < -0.4 is 10.2 Å². The van der Waals surface area contributed by atoms with Crippen LogP contribution >= 0.6 is 0 Å². The molecule has 3 heterocycles. The maximum absolute atomic E-state index is 11.9. The van der Waals surface area contributed by atoms with Gasteiger partial charge in [0.2, 0.25) is 5.91 Å². The van der Waals surface area contributed by atoms with Crippen molar-refractivity contribution in [2.45, 2.75) is 12.8 Å². The minimum absolute atomic E-state index is 0.102. The van der Waals surface area contributed by atoms with Gasteiger partial charge in [-0.1, -0.05) is 6.92 Å². The molecule has 1 aliphatic heterocycles. The number of rotatable bonds is 5. The van der Waals surface area contributed by atoms with Gasteiger partial charge in [0.25, 0.3) is 0 Å². The molecule has 0 radical (unpaired) electrons. The van der Waals surface area contributed by atoms with Crippen molar-refractivity contribution in [3.63, 3.8) is 0 Å². The molecule has 1 N–H and O–H groups in total. The molecule has 1 amide bonds. The molecule has 0 aliphatic carbocycles. The third-order valence-electron chi connectivity index (χ3n) is 4.21. The fourth-order valence-electron chi connectivity index (χ4n) is 2.66. The molecule has 0 saturated carbocycles. The van der Waals surface area contributed by atoms with Crippen molar-refractivity contribution >= 4 is 17.5 Å². The molecule has 1 saturated heterocycles. The summed E-state index contributed by atoms with van der Waals surface area (Å²) in [6, 6.07) is 1.88. The van der Waals surface area contributed by atoms with E-state index in [1.807, 2.05) is 29.6 Å². The summed E-state index contributed by atoms with van der Waals surface area (Å²) in [6.45, 7) is 4.59. The number of hydrogen-bond acceptors (Lipinski definition) is 7. The minimum atomic E-state index is 0.102. The van der Waals surface area contributed by atoms with E-state index >= 15 is 0 Å². The summed E-state index contributed by atoms with van der Waals surface area (Å²) < 4.78 is 1.91. The summed E-state index contributed by atoms with van der Waals surface area (Å²) in [7, 11) is 3.75. The molecule has 128 valence electrons. The normalized spacial score (nSPS) is 16.4. The number of amides is 1. The van der Waals surface area contributed by atoms with Crippen molar-refractivity contribution in [3.8, 4) is 0 Å². The van der Waals surface area contributed by atoms with Crippen LogP contribution in [0.3, 0.4) is 0 Å². The highest BCUT2D eigenvalue weighted by atomic mass is 16.2. The quantitative estimate of drug-likeness (QED) is 0.831. The lowest BCUT2D eigenvalue weighted by atomic mass is 10.1. The third-order valence-corrected chi connectivity index (χ3v) is 4.21. The van der Waals surface area contributed by atoms with Gasteiger partial charge in [0.15, 0.2) is 0 Å². The Morgan fingerprint density at radius 1 is 1.29 bits per heavy atom. The number of nitrogens with one attached hydrogen (secondary N) is 1. The lowest BCUT2D eigenvalue weighted by Crippen LogP contribution is -2.48. The van der Waals surface area contributed by atoms with Crippen LogP contribution in [0.1, 0.15) is 18.7 Å². The van der Waals surface area contributed by atoms with E-state index in [0.717, 1.165) is 24.0 Å². The maximum atomic E-state index is 11.9. The first-order valence-corrected chi connectivity index (χ1v) is 7.93. The highest BCUT2D eigenvalue weighted by Crippen LogP contribution is 2.18. The number of piperazine rings is 1. The average molecular weight is 330 g/mol. The van der Waals surface area contributed by atoms with E-state index in [1.54, 1.807) is 11.2 Å². The Bertz CT molecular complexity index is 715. The summed E-state index contributed by atoms with van der Waals surface area (Å²) in [6.07, 6.45) is 3.21. The largest absolute Gasteiger partial charge is 0.369 e. The molecule has 0 spiro atoms. The van der Waals surface area contributed by atoms with Crippen molar-refractivity contribution in [1.82, 2.24) is 29.6 Å². The first kappa shape index (κ1) is 16.2. The number of nitrogens with zero attached hydrogens (tertiary/aromatic N) is 7. The van der Waals surface area contributed by atoms with E-state index in [9.17, 15) is 4.79 Å². The van der Waals surface area contributed by atoms with Gasteiger partial charge in [-0.3, -0.25) is 4.79 Å². The number of aromatic nitrogens is 5. The monoisotopic (exact) mass is 330 g/mol. The first-order chi connectivity index (χ1) is 11.5. The molecule has 0 bridgehead atoms. The lowest BCUT2D eigenvalue weighted by molar-refractivity contribution is -0.129. The standard InChI is InChI=1S/C15H22N8O/c1-11(15-20-19-10-22(15)3)7-16-12-6-13(18-9-17-12)23-5-4-21(2)14(24)8-23/h6,9-11H,4-5,7-8H2,1-3H3,(H,16,17,18). The second kappa shape index (κ2) is 6.81. The zero-order valence-electron chi connectivity index (χ0n) is 14.2. The Kier molecular flexibility index (Phi) is 4.59. The van der Waals surface area contributed by atoms with Gasteiger partial charge < -0.3 is 19.7 Å². The molecule has 2 aromatic heterocycles. The van der Waals surface area contributed by atoms with Crippen molar-refractivity contribution in [3.05, 3.63) is 24.5 Å². The average Bonchev–Trinajstić information content (AvgIpc) is 3.01. The molecule has 24 heavy (non-hydrogen) atoms. The molecule has 2 aromatic rings. The predicted octanol–water partition coefficient (Wildman–Crippen LogP) is 0.0991. The van der Waals surface area contributed by atoms with Crippen molar-refractivity contribution < 1.29 is 4.79 Å². The van der Waals surface area contributed by atoms with Gasteiger partial charge in [0.1, 0.15) is 30.1 Å². The Morgan fingerprint density at radius 2 is 2.12 bits per heavy atom. The topological polar surface area (TPSA) is 92.1 Å². The zero-order valence-corrected chi connectivity index (χ0v) is 14.2. The summed E-state index contributed by atoms with van der Waals surface area (Å²) in [4.78, 5) is 24.1. The van der Waals surface area contributed by atoms with Crippen molar-refractivity contribution in [2.75, 3.05) is 43.4 Å². The smallest absolute Gasteiger partial charge is 0.241 e. The van der Waals surface area contributed by atoms with Crippen LogP contribution in [0.4, 0.5) is 11.6 Å². The van der Waals surface area contributed by atoms with Gasteiger partial charge in [-0.2, -0.15) is 0 Å². The summed E-state index contributed by atoms with van der Waals surface area (Å²) >= 11 is 0. The van der Waals surface area contributed by atoms with Crippen LogP contribution in [0.25, 0.3) is 0 Å². The summed E-state index contributed by atoms with van der Waals surface area (Å²) in [5, 5.41) is 11.3. The number of aryl methyl sites for hydroxylation is 1. The number of carbonyl (C=O) groups is 1. The number of hydrogen-bond donors (Lipinski definition) is 1. The molecule has 0 aromatic carbocycles. The van der Waals surface area contributed by atoms with E-state index in [0.29, 0.717) is 19.6 Å². The SMILES string of the molecule is CC(CNc1cc(N2CCN(C)C(=O)C2)ncn1)c1nncn1C. The van der Waals surface area contributed by atoms with Gasteiger partial charge in [-0.05, 0) is 0 Å². The number of likely N-dealkylation sites (N-methyl/N-ethyl adjacent to an activating group) is 1. The molecule has 1 aliphatic rings. The lowest BCUT2D eigenvalue weighted by Gasteiger charge is -2.32. The van der Waals surface area contributed by atoms with Crippen LogP contribution in [-0.2, 0) is 11.8 Å². The van der Waals surface area contributed by atoms with Gasteiger partial charge in [-0.25, -0.2) is 9.97 Å². The second-order valence-electron chi connectivity index (χ2n) is 6.08. The van der Waals surface area contributed by atoms with Crippen LogP contribution in [0, 0.1) is 0 Å². The molecular formula is C15H22N8O. The van der Waals surface area contributed by atoms with E-state index in [4.69, 9.17) is 0 Å². The van der Waals surface area contributed by atoms with E-state index in [1.165, 1.54) is 6.33 Å². The summed E-state index contributed by atoms with van der Waals surface area (Å²) in [5.41, 5.74) is 0. The second-order valence-corrected chi connectivity index (χ2v) is 6.08. The third kappa shape index (κ3) is 3.44. The Morgan fingerprint density at radius 3 is 2.83 bits per heavy atom. The molecule has 1 fully saturated rings. The van der Waals surface area contributed by atoms with E-state index < -0.39 is 0 Å². The molecule has 9 heteroatoms. The Labute approximate surface area is 140 Å². The first-order valence-electron chi connectivity index (χ1n) is 7.93. The van der Waals surface area contributed by atoms with Crippen molar-refractivity contribution in [1.29, 1.82) is 0 Å².